The van der Waals surface area contributed by atoms with Crippen molar-refractivity contribution in [1.82, 2.24) is 0 Å². The average molecular weight is 268 g/mol. The molecule has 0 bridgehead atoms. The van der Waals surface area contributed by atoms with Crippen LogP contribution in [0.15, 0.2) is 60.7 Å². The van der Waals surface area contributed by atoms with Crippen LogP contribution in [0.1, 0.15) is 22.3 Å². The normalized spacial score (nSPS) is 14.1. The number of aryl methyl sites for hydroxylation is 1. The van der Waals surface area contributed by atoms with Gasteiger partial charge in [0.25, 0.3) is 0 Å². The summed E-state index contributed by atoms with van der Waals surface area (Å²) in [5.41, 5.74) is 12.0. The maximum absolute atomic E-state index is 2.45. The first-order valence-electron chi connectivity index (χ1n) is 7.73. The Morgan fingerprint density at radius 1 is 0.619 bits per heavy atom. The predicted octanol–water partition coefficient (Wildman–Crippen LogP) is 5.02. The van der Waals surface area contributed by atoms with Gasteiger partial charge in [-0.05, 0) is 63.8 Å². The fourth-order valence-electron chi connectivity index (χ4n) is 3.92. The highest BCUT2D eigenvalue weighted by Crippen LogP contribution is 2.47. The summed E-state index contributed by atoms with van der Waals surface area (Å²) in [4.78, 5) is 0. The molecule has 100 valence electrons. The van der Waals surface area contributed by atoms with Gasteiger partial charge in [-0.15, -0.1) is 0 Å². The maximum Gasteiger partial charge on any atom is -0.000718 e. The fourth-order valence-corrected chi connectivity index (χ4v) is 3.92. The molecule has 0 atom stereocenters. The third kappa shape index (κ3) is 1.50. The molecule has 0 aromatic heterocycles. The van der Waals surface area contributed by atoms with Crippen molar-refractivity contribution in [1.29, 1.82) is 0 Å². The Morgan fingerprint density at radius 3 is 2.24 bits per heavy atom. The summed E-state index contributed by atoms with van der Waals surface area (Å²) < 4.78 is 0. The average Bonchev–Trinajstić information content (AvgIpc) is 2.88. The van der Waals surface area contributed by atoms with Gasteiger partial charge in [0.15, 0.2) is 0 Å². The van der Waals surface area contributed by atoms with Crippen LogP contribution in [0.2, 0.25) is 0 Å². The zero-order valence-corrected chi connectivity index (χ0v) is 11.9. The van der Waals surface area contributed by atoms with Crippen LogP contribution in [0.3, 0.4) is 0 Å². The largest absolute Gasteiger partial charge is 0.0622 e. The van der Waals surface area contributed by atoms with E-state index in [4.69, 9.17) is 0 Å². The third-order valence-corrected chi connectivity index (χ3v) is 5.02. The van der Waals surface area contributed by atoms with Crippen LogP contribution in [-0.4, -0.2) is 0 Å². The van der Waals surface area contributed by atoms with Gasteiger partial charge in [0.05, 0.1) is 0 Å². The van der Waals surface area contributed by atoms with E-state index >= 15 is 0 Å². The topological polar surface area (TPSA) is 0 Å². The van der Waals surface area contributed by atoms with E-state index < -0.39 is 0 Å². The molecule has 0 fully saturated rings. The molecule has 0 radical (unpaired) electrons. The lowest BCUT2D eigenvalue weighted by atomic mass is 9.78. The summed E-state index contributed by atoms with van der Waals surface area (Å²) in [6.07, 6.45) is 3.57. The van der Waals surface area contributed by atoms with E-state index in [0.29, 0.717) is 0 Å². The van der Waals surface area contributed by atoms with E-state index in [1.54, 1.807) is 16.7 Å². The van der Waals surface area contributed by atoms with Gasteiger partial charge in [-0.1, -0.05) is 60.7 Å². The number of fused-ring (bicyclic) bond motifs is 4. The van der Waals surface area contributed by atoms with Crippen molar-refractivity contribution in [3.8, 4) is 22.3 Å². The zero-order valence-electron chi connectivity index (χ0n) is 11.9. The zero-order chi connectivity index (χ0) is 13.8. The molecule has 5 rings (SSSR count). The van der Waals surface area contributed by atoms with Gasteiger partial charge in [-0.25, -0.2) is 0 Å². The Hall–Kier alpha value is -2.34. The van der Waals surface area contributed by atoms with E-state index in [2.05, 4.69) is 60.7 Å². The monoisotopic (exact) mass is 268 g/mol. The number of hydrogen-bond acceptors (Lipinski definition) is 0. The van der Waals surface area contributed by atoms with Crippen molar-refractivity contribution >= 4 is 0 Å². The van der Waals surface area contributed by atoms with Crippen molar-refractivity contribution in [2.45, 2.75) is 19.3 Å². The van der Waals surface area contributed by atoms with Gasteiger partial charge in [-0.3, -0.25) is 0 Å². The summed E-state index contributed by atoms with van der Waals surface area (Å²) in [5.74, 6) is 0. The third-order valence-electron chi connectivity index (χ3n) is 5.02. The van der Waals surface area contributed by atoms with Crippen molar-refractivity contribution in [2.75, 3.05) is 0 Å². The Kier molecular flexibility index (Phi) is 2.20. The summed E-state index contributed by atoms with van der Waals surface area (Å²) in [7, 11) is 0. The molecule has 0 unspecified atom stereocenters. The summed E-state index contributed by atoms with van der Waals surface area (Å²) >= 11 is 0. The molecule has 0 N–H and O–H groups in total. The first-order chi connectivity index (χ1) is 10.4. The van der Waals surface area contributed by atoms with Crippen molar-refractivity contribution in [3.05, 3.63) is 82.9 Å². The first-order valence-corrected chi connectivity index (χ1v) is 7.73. The van der Waals surface area contributed by atoms with Gasteiger partial charge in [0.2, 0.25) is 0 Å². The predicted molar refractivity (Wildman–Crippen MR) is 87.5 cm³/mol. The highest BCUT2D eigenvalue weighted by Gasteiger charge is 2.28. The minimum Gasteiger partial charge on any atom is -0.0622 e. The van der Waals surface area contributed by atoms with Crippen LogP contribution in [0.25, 0.3) is 22.3 Å². The molecule has 0 heteroatoms. The number of hydrogen-bond donors (Lipinski definition) is 0. The quantitative estimate of drug-likeness (QED) is 0.454. The van der Waals surface area contributed by atoms with Crippen LogP contribution in [0.4, 0.5) is 0 Å². The van der Waals surface area contributed by atoms with E-state index in [0.717, 1.165) is 6.42 Å². The van der Waals surface area contributed by atoms with Crippen molar-refractivity contribution in [2.24, 2.45) is 0 Å². The Morgan fingerprint density at radius 2 is 1.43 bits per heavy atom. The molecule has 3 aromatic carbocycles. The van der Waals surface area contributed by atoms with E-state index in [-0.39, 0.29) is 0 Å². The molecule has 0 saturated heterocycles. The lowest BCUT2D eigenvalue weighted by Gasteiger charge is -2.26. The first kappa shape index (κ1) is 11.3. The Labute approximate surface area is 125 Å². The molecule has 3 aromatic rings. The van der Waals surface area contributed by atoms with E-state index in [1.807, 2.05) is 0 Å². The van der Waals surface area contributed by atoms with Crippen molar-refractivity contribution in [3.63, 3.8) is 0 Å². The summed E-state index contributed by atoms with van der Waals surface area (Å²) in [5, 5.41) is 0. The van der Waals surface area contributed by atoms with E-state index in [9.17, 15) is 0 Å². The standard InChI is InChI=1S/C21H16/c1-2-6-14(7-3-1)21-18-11-10-16(18)12-19-17-9-5-4-8-15(17)13-20(19)21/h1-9,12H,10-11,13H2. The molecule has 21 heavy (non-hydrogen) atoms. The smallest absolute Gasteiger partial charge is 0.000718 e. The Balaban J connectivity index is 1.84. The van der Waals surface area contributed by atoms with Crippen LogP contribution >= 0.6 is 0 Å². The minimum absolute atomic E-state index is 1.09. The number of rotatable bonds is 1. The second kappa shape index (κ2) is 4.08. The lowest BCUT2D eigenvalue weighted by Crippen LogP contribution is -2.12. The molecule has 0 amide bonds. The molecule has 0 aliphatic heterocycles. The van der Waals surface area contributed by atoms with Crippen LogP contribution in [0.5, 0.6) is 0 Å². The molecule has 0 nitrogen and oxygen atoms in total. The van der Waals surface area contributed by atoms with Gasteiger partial charge in [0, 0.05) is 0 Å². The molecule has 2 aliphatic rings. The second-order valence-electron chi connectivity index (χ2n) is 6.12. The molecule has 0 spiro atoms. The van der Waals surface area contributed by atoms with Gasteiger partial charge >= 0.3 is 0 Å². The van der Waals surface area contributed by atoms with Crippen LogP contribution in [0, 0.1) is 0 Å². The molecule has 2 aliphatic carbocycles. The fraction of sp³-hybridized carbons (Fsp3) is 0.143. The highest BCUT2D eigenvalue weighted by atomic mass is 14.3. The molecule has 0 heterocycles. The van der Waals surface area contributed by atoms with Gasteiger partial charge in [0.1, 0.15) is 0 Å². The van der Waals surface area contributed by atoms with Crippen LogP contribution < -0.4 is 0 Å². The summed E-state index contributed by atoms with van der Waals surface area (Å²) in [6.45, 7) is 0. The van der Waals surface area contributed by atoms with E-state index in [1.165, 1.54) is 40.7 Å². The molecule has 0 saturated carbocycles. The summed E-state index contributed by atoms with van der Waals surface area (Å²) in [6, 6.07) is 22.3. The minimum atomic E-state index is 1.09. The lowest BCUT2D eigenvalue weighted by molar-refractivity contribution is 0.840. The maximum atomic E-state index is 2.45. The Bertz CT molecular complexity index is 857. The van der Waals surface area contributed by atoms with Crippen LogP contribution in [-0.2, 0) is 19.3 Å². The molecular weight excluding hydrogens is 252 g/mol. The van der Waals surface area contributed by atoms with Gasteiger partial charge < -0.3 is 0 Å². The number of benzene rings is 3. The van der Waals surface area contributed by atoms with Crippen molar-refractivity contribution < 1.29 is 0 Å². The SMILES string of the molecule is c1ccc(-c2c3c(cc4c2Cc2ccccc2-4)CC3)cc1. The second-order valence-corrected chi connectivity index (χ2v) is 6.12. The molecular formula is C21H16. The highest BCUT2D eigenvalue weighted by molar-refractivity contribution is 5.88. The van der Waals surface area contributed by atoms with Gasteiger partial charge in [-0.2, -0.15) is 0 Å².